The molecule has 0 saturated heterocycles. The lowest BCUT2D eigenvalue weighted by Gasteiger charge is -2.32. The van der Waals surface area contributed by atoms with Crippen LogP contribution in [0.15, 0.2) is 5.38 Å². The molecule has 2 N–H and O–H groups in total. The summed E-state index contributed by atoms with van der Waals surface area (Å²) in [7, 11) is 1.62. The second-order valence-electron chi connectivity index (χ2n) is 5.31. The Bertz CT molecular complexity index is 501. The SMILES string of the molecule is Cc1nc(CN(C)C(=O)N[C@](C)(C(=O)O)C(C)C)cs1. The molecule has 0 aromatic carbocycles. The fraction of sp³-hybridized carbons (Fsp3) is 0.615. The molecular formula is C13H21N3O3S. The molecule has 1 atom stereocenters. The van der Waals surface area contributed by atoms with E-state index in [1.165, 1.54) is 23.2 Å². The number of nitrogens with zero attached hydrogens (tertiary/aromatic N) is 2. The van der Waals surface area contributed by atoms with Gasteiger partial charge >= 0.3 is 12.0 Å². The van der Waals surface area contributed by atoms with Crippen molar-refractivity contribution >= 4 is 23.3 Å². The number of rotatable bonds is 5. The Morgan fingerprint density at radius 2 is 2.15 bits per heavy atom. The molecule has 20 heavy (non-hydrogen) atoms. The van der Waals surface area contributed by atoms with Gasteiger partial charge in [-0.3, -0.25) is 0 Å². The van der Waals surface area contributed by atoms with Gasteiger partial charge in [-0.05, 0) is 19.8 Å². The quantitative estimate of drug-likeness (QED) is 0.872. The van der Waals surface area contributed by atoms with Crippen molar-refractivity contribution in [1.82, 2.24) is 15.2 Å². The predicted octanol–water partition coefficient (Wildman–Crippen LogP) is 2.09. The maximum atomic E-state index is 12.1. The third-order valence-electron chi connectivity index (χ3n) is 3.38. The molecule has 0 bridgehead atoms. The maximum Gasteiger partial charge on any atom is 0.329 e. The highest BCUT2D eigenvalue weighted by atomic mass is 32.1. The molecule has 112 valence electrons. The molecule has 6 nitrogen and oxygen atoms in total. The van der Waals surface area contributed by atoms with Gasteiger partial charge in [-0.15, -0.1) is 11.3 Å². The van der Waals surface area contributed by atoms with Crippen molar-refractivity contribution in [1.29, 1.82) is 0 Å². The fourth-order valence-electron chi connectivity index (χ4n) is 1.56. The number of aliphatic carboxylic acids is 1. The Morgan fingerprint density at radius 1 is 1.55 bits per heavy atom. The number of aromatic nitrogens is 1. The van der Waals surface area contributed by atoms with Crippen molar-refractivity contribution in [2.24, 2.45) is 5.92 Å². The number of thiazole rings is 1. The van der Waals surface area contributed by atoms with Crippen LogP contribution in [-0.2, 0) is 11.3 Å². The summed E-state index contributed by atoms with van der Waals surface area (Å²) in [5.41, 5.74) is -0.490. The topological polar surface area (TPSA) is 82.5 Å². The van der Waals surface area contributed by atoms with Crippen molar-refractivity contribution in [3.8, 4) is 0 Å². The lowest BCUT2D eigenvalue weighted by molar-refractivity contribution is -0.145. The minimum absolute atomic E-state index is 0.223. The number of carbonyl (C=O) groups excluding carboxylic acids is 1. The smallest absolute Gasteiger partial charge is 0.329 e. The fourth-order valence-corrected chi connectivity index (χ4v) is 2.16. The molecule has 1 aromatic heterocycles. The van der Waals surface area contributed by atoms with Gasteiger partial charge in [0, 0.05) is 12.4 Å². The molecule has 0 saturated carbocycles. The molecule has 0 fully saturated rings. The monoisotopic (exact) mass is 299 g/mol. The van der Waals surface area contributed by atoms with E-state index in [4.69, 9.17) is 0 Å². The molecule has 0 aliphatic carbocycles. The van der Waals surface area contributed by atoms with E-state index in [2.05, 4.69) is 10.3 Å². The standard InChI is InChI=1S/C13H21N3O3S/c1-8(2)13(4,11(17)18)15-12(19)16(5)6-10-7-20-9(3)14-10/h7-8H,6H2,1-5H3,(H,15,19)(H,17,18)/t13-/m0/s1. The highest BCUT2D eigenvalue weighted by molar-refractivity contribution is 7.09. The van der Waals surface area contributed by atoms with Crippen molar-refractivity contribution in [3.63, 3.8) is 0 Å². The number of urea groups is 1. The minimum atomic E-state index is -1.29. The predicted molar refractivity (Wildman–Crippen MR) is 77.7 cm³/mol. The van der Waals surface area contributed by atoms with E-state index in [1.54, 1.807) is 20.9 Å². The Labute approximate surface area is 122 Å². The van der Waals surface area contributed by atoms with Gasteiger partial charge in [0.05, 0.1) is 17.2 Å². The molecular weight excluding hydrogens is 278 g/mol. The molecule has 1 rings (SSSR count). The zero-order chi connectivity index (χ0) is 15.5. The van der Waals surface area contributed by atoms with Gasteiger partial charge in [0.25, 0.3) is 0 Å². The second-order valence-corrected chi connectivity index (χ2v) is 6.37. The molecule has 7 heteroatoms. The third-order valence-corrected chi connectivity index (χ3v) is 4.20. The molecule has 0 aliphatic heterocycles. The molecule has 0 spiro atoms. The Morgan fingerprint density at radius 3 is 2.55 bits per heavy atom. The molecule has 0 unspecified atom stereocenters. The van der Waals surface area contributed by atoms with Crippen molar-refractivity contribution < 1.29 is 14.7 Å². The highest BCUT2D eigenvalue weighted by Gasteiger charge is 2.38. The Kier molecular flexibility index (Phi) is 5.10. The molecule has 0 radical (unpaired) electrons. The van der Waals surface area contributed by atoms with Crippen LogP contribution in [0.4, 0.5) is 4.79 Å². The number of hydrogen-bond donors (Lipinski definition) is 2. The summed E-state index contributed by atoms with van der Waals surface area (Å²) >= 11 is 1.52. The summed E-state index contributed by atoms with van der Waals surface area (Å²) < 4.78 is 0. The van der Waals surface area contributed by atoms with E-state index < -0.39 is 17.5 Å². The first-order valence-corrected chi connectivity index (χ1v) is 7.22. The summed E-state index contributed by atoms with van der Waals surface area (Å²) in [6.45, 7) is 7.29. The van der Waals surface area contributed by atoms with Crippen LogP contribution in [0.3, 0.4) is 0 Å². The van der Waals surface area contributed by atoms with E-state index in [0.29, 0.717) is 6.54 Å². The average molecular weight is 299 g/mol. The van der Waals surface area contributed by atoms with Gasteiger partial charge in [0.2, 0.25) is 0 Å². The molecule has 0 aliphatic rings. The van der Waals surface area contributed by atoms with Crippen LogP contribution in [0.5, 0.6) is 0 Å². The Hall–Kier alpha value is -1.63. The number of amides is 2. The molecule has 2 amide bonds. The summed E-state index contributed by atoms with van der Waals surface area (Å²) in [4.78, 5) is 29.2. The van der Waals surface area contributed by atoms with Crippen LogP contribution in [0.2, 0.25) is 0 Å². The summed E-state index contributed by atoms with van der Waals surface area (Å²) in [6.07, 6.45) is 0. The highest BCUT2D eigenvalue weighted by Crippen LogP contribution is 2.17. The lowest BCUT2D eigenvalue weighted by atomic mass is 9.89. The van der Waals surface area contributed by atoms with Crippen LogP contribution in [0.1, 0.15) is 31.5 Å². The third kappa shape index (κ3) is 3.69. The van der Waals surface area contributed by atoms with Crippen LogP contribution in [0, 0.1) is 12.8 Å². The number of carbonyl (C=O) groups is 2. The summed E-state index contributed by atoms with van der Waals surface area (Å²) in [6, 6.07) is -0.422. The van der Waals surface area contributed by atoms with Gasteiger partial charge in [-0.1, -0.05) is 13.8 Å². The number of nitrogens with one attached hydrogen (secondary N) is 1. The number of carboxylic acids is 1. The normalized spacial score (nSPS) is 13.9. The minimum Gasteiger partial charge on any atom is -0.480 e. The number of carboxylic acid groups (broad SMARTS) is 1. The van der Waals surface area contributed by atoms with Crippen LogP contribution < -0.4 is 5.32 Å². The number of hydrogen-bond acceptors (Lipinski definition) is 4. The van der Waals surface area contributed by atoms with Gasteiger partial charge < -0.3 is 15.3 Å². The van der Waals surface area contributed by atoms with Crippen molar-refractivity contribution in [2.75, 3.05) is 7.05 Å². The van der Waals surface area contributed by atoms with Gasteiger partial charge in [0.1, 0.15) is 5.54 Å². The van der Waals surface area contributed by atoms with Gasteiger partial charge in [-0.25, -0.2) is 14.6 Å². The average Bonchev–Trinajstić information content (AvgIpc) is 2.73. The van der Waals surface area contributed by atoms with Crippen LogP contribution >= 0.6 is 11.3 Å². The van der Waals surface area contributed by atoms with E-state index in [0.717, 1.165) is 10.7 Å². The van der Waals surface area contributed by atoms with E-state index >= 15 is 0 Å². The van der Waals surface area contributed by atoms with E-state index in [-0.39, 0.29) is 5.92 Å². The number of aryl methyl sites for hydroxylation is 1. The van der Waals surface area contributed by atoms with E-state index in [9.17, 15) is 14.7 Å². The first-order valence-electron chi connectivity index (χ1n) is 6.34. The van der Waals surface area contributed by atoms with Gasteiger partial charge in [0.15, 0.2) is 0 Å². The van der Waals surface area contributed by atoms with Crippen molar-refractivity contribution in [2.45, 2.75) is 39.8 Å². The first kappa shape index (κ1) is 16.4. The van der Waals surface area contributed by atoms with Crippen molar-refractivity contribution in [3.05, 3.63) is 16.1 Å². The molecule has 1 heterocycles. The zero-order valence-corrected chi connectivity index (χ0v) is 13.2. The van der Waals surface area contributed by atoms with E-state index in [1.807, 2.05) is 12.3 Å². The lowest BCUT2D eigenvalue weighted by Crippen LogP contribution is -2.58. The second kappa shape index (κ2) is 6.21. The summed E-state index contributed by atoms with van der Waals surface area (Å²) in [5, 5.41) is 14.7. The Balaban J connectivity index is 2.72. The summed E-state index contributed by atoms with van der Waals surface area (Å²) in [5.74, 6) is -1.27. The molecule has 1 aromatic rings. The van der Waals surface area contributed by atoms with Gasteiger partial charge in [-0.2, -0.15) is 0 Å². The van der Waals surface area contributed by atoms with Crippen LogP contribution in [0.25, 0.3) is 0 Å². The largest absolute Gasteiger partial charge is 0.480 e. The first-order chi connectivity index (χ1) is 9.16. The maximum absolute atomic E-state index is 12.1. The van der Waals surface area contributed by atoms with Crippen LogP contribution in [-0.4, -0.2) is 39.6 Å². The zero-order valence-electron chi connectivity index (χ0n) is 12.4.